The molecule has 2 aliphatic carbocycles. The summed E-state index contributed by atoms with van der Waals surface area (Å²) in [4.78, 5) is 71.4. The Labute approximate surface area is 289 Å². The first-order valence-corrected chi connectivity index (χ1v) is 16.9. The largest absolute Gasteiger partial charge is 0.508 e. The monoisotopic (exact) mass is 665 g/mol. The fourth-order valence-electron chi connectivity index (χ4n) is 8.89. The number of aromatic hydroxyl groups is 1. The summed E-state index contributed by atoms with van der Waals surface area (Å²) in [7, 11) is 0. The van der Waals surface area contributed by atoms with Crippen molar-refractivity contribution in [2.75, 3.05) is 10.3 Å². The van der Waals surface area contributed by atoms with Gasteiger partial charge in [0.2, 0.25) is 11.8 Å². The van der Waals surface area contributed by atoms with Crippen LogP contribution in [-0.4, -0.2) is 39.5 Å². The number of rotatable bonds is 6. The van der Waals surface area contributed by atoms with Gasteiger partial charge in [-0.1, -0.05) is 71.8 Å². The second kappa shape index (κ2) is 11.7. The van der Waals surface area contributed by atoms with E-state index in [1.807, 2.05) is 67.6 Å². The van der Waals surface area contributed by atoms with Gasteiger partial charge in [-0.25, -0.2) is 0 Å². The number of hydrazine groups is 1. The molecule has 6 unspecified atom stereocenters. The lowest BCUT2D eigenvalue weighted by Crippen LogP contribution is -2.53. The highest BCUT2D eigenvalue weighted by atomic mass is 16.3. The molecule has 4 amide bonds. The topological polar surface area (TPSA) is 124 Å². The van der Waals surface area contributed by atoms with Crippen LogP contribution in [0.4, 0.5) is 11.4 Å². The van der Waals surface area contributed by atoms with E-state index in [9.17, 15) is 24.3 Å². The number of carbonyl (C=O) groups is 5. The summed E-state index contributed by atoms with van der Waals surface area (Å²) in [5, 5.41) is 11.4. The van der Waals surface area contributed by atoms with Gasteiger partial charge in [0.1, 0.15) is 5.75 Å². The molecule has 2 N–H and O–H groups in total. The molecule has 4 aromatic carbocycles. The van der Waals surface area contributed by atoms with Crippen molar-refractivity contribution in [2.45, 2.75) is 38.0 Å². The number of anilines is 2. The highest BCUT2D eigenvalue weighted by molar-refractivity contribution is 6.22. The van der Waals surface area contributed by atoms with Gasteiger partial charge in [0.05, 0.1) is 34.5 Å². The number of amides is 4. The number of benzene rings is 4. The molecule has 0 aromatic heterocycles. The Balaban J connectivity index is 1.28. The number of imide groups is 2. The Morgan fingerprint density at radius 1 is 0.800 bits per heavy atom. The molecular weight excluding hydrogens is 630 g/mol. The van der Waals surface area contributed by atoms with Crippen molar-refractivity contribution >= 4 is 40.8 Å². The molecule has 8 rings (SSSR count). The zero-order valence-electron chi connectivity index (χ0n) is 27.6. The van der Waals surface area contributed by atoms with Gasteiger partial charge in [-0.2, -0.15) is 5.01 Å². The van der Waals surface area contributed by atoms with Crippen LogP contribution in [0.2, 0.25) is 0 Å². The molecule has 0 bridgehead atoms. The van der Waals surface area contributed by atoms with Crippen LogP contribution < -0.4 is 10.3 Å². The van der Waals surface area contributed by atoms with Gasteiger partial charge in [0, 0.05) is 11.5 Å². The van der Waals surface area contributed by atoms with Crippen molar-refractivity contribution in [1.29, 1.82) is 0 Å². The molecule has 2 heterocycles. The van der Waals surface area contributed by atoms with E-state index in [2.05, 4.69) is 5.43 Å². The highest BCUT2D eigenvalue weighted by Gasteiger charge is 2.70. The normalized spacial score (nSPS) is 27.1. The predicted octanol–water partition coefficient (Wildman–Crippen LogP) is 6.09. The maximum Gasteiger partial charge on any atom is 0.260 e. The summed E-state index contributed by atoms with van der Waals surface area (Å²) in [6.45, 7) is 3.41. The molecule has 1 saturated carbocycles. The number of phenols is 1. The van der Waals surface area contributed by atoms with E-state index in [4.69, 9.17) is 0 Å². The van der Waals surface area contributed by atoms with E-state index in [0.29, 0.717) is 28.9 Å². The van der Waals surface area contributed by atoms with Gasteiger partial charge in [0.15, 0.2) is 5.78 Å². The van der Waals surface area contributed by atoms with Crippen molar-refractivity contribution < 1.29 is 29.1 Å². The van der Waals surface area contributed by atoms with Crippen molar-refractivity contribution in [2.24, 2.45) is 23.7 Å². The molecule has 9 heteroatoms. The molecule has 3 fully saturated rings. The van der Waals surface area contributed by atoms with Crippen molar-refractivity contribution in [3.63, 3.8) is 0 Å². The number of nitrogens with one attached hydrogen (secondary N) is 1. The standard InChI is InChI=1S/C41H35N3O6/c1-23-8-14-28(15-9-23)42-44-38(48)34-22-33-31(20-21-32-35(33)39(49)43(37(32)47)29-16-10-25(11-17-29)24(2)45)36(26-12-18-30(46)19-13-26)41(34,40(44)50)27-6-4-3-5-7-27/h3-20,32-36,42,46H,21-22H2,1-2H3. The van der Waals surface area contributed by atoms with E-state index < -0.39 is 46.8 Å². The number of carbonyl (C=O) groups excluding carboxylic acids is 5. The van der Waals surface area contributed by atoms with E-state index in [1.54, 1.807) is 48.5 Å². The van der Waals surface area contributed by atoms with Crippen LogP contribution in [-0.2, 0) is 24.6 Å². The molecule has 4 aromatic rings. The molecule has 2 aliphatic heterocycles. The lowest BCUT2D eigenvalue weighted by Gasteiger charge is -2.50. The Morgan fingerprint density at radius 3 is 2.14 bits per heavy atom. The highest BCUT2D eigenvalue weighted by Crippen LogP contribution is 2.64. The average Bonchev–Trinajstić information content (AvgIpc) is 3.51. The van der Waals surface area contributed by atoms with E-state index in [0.717, 1.165) is 21.7 Å². The fourth-order valence-corrected chi connectivity index (χ4v) is 8.89. The quantitative estimate of drug-likeness (QED) is 0.145. The van der Waals surface area contributed by atoms with Gasteiger partial charge in [-0.05, 0) is 92.3 Å². The molecule has 250 valence electrons. The number of ketones is 1. The Hall–Kier alpha value is -5.83. The van der Waals surface area contributed by atoms with Crippen molar-refractivity contribution in [3.8, 4) is 5.75 Å². The third-order valence-electron chi connectivity index (χ3n) is 11.2. The lowest BCUT2D eigenvalue weighted by molar-refractivity contribution is -0.138. The summed E-state index contributed by atoms with van der Waals surface area (Å²) < 4.78 is 0. The summed E-state index contributed by atoms with van der Waals surface area (Å²) in [6.07, 6.45) is 2.48. The summed E-state index contributed by atoms with van der Waals surface area (Å²) in [5.41, 5.74) is 6.45. The van der Waals surface area contributed by atoms with Gasteiger partial charge in [-0.15, -0.1) is 0 Å². The van der Waals surface area contributed by atoms with Crippen LogP contribution in [0.1, 0.15) is 52.7 Å². The van der Waals surface area contributed by atoms with Gasteiger partial charge in [0.25, 0.3) is 11.8 Å². The third-order valence-corrected chi connectivity index (χ3v) is 11.2. The van der Waals surface area contributed by atoms with E-state index >= 15 is 4.79 Å². The number of fused-ring (bicyclic) bond motifs is 4. The summed E-state index contributed by atoms with van der Waals surface area (Å²) in [6, 6.07) is 29.9. The van der Waals surface area contributed by atoms with Crippen molar-refractivity contribution in [3.05, 3.63) is 137 Å². The number of phenolic OH excluding ortho intramolecular Hbond substituents is 1. The molecule has 6 atom stereocenters. The molecular formula is C41H35N3O6. The Bertz CT molecular complexity index is 2090. The first-order valence-electron chi connectivity index (χ1n) is 16.9. The minimum absolute atomic E-state index is 0.0589. The second-order valence-corrected chi connectivity index (χ2v) is 13.8. The molecule has 4 aliphatic rings. The van der Waals surface area contributed by atoms with Gasteiger partial charge < -0.3 is 5.11 Å². The molecule has 9 nitrogen and oxygen atoms in total. The van der Waals surface area contributed by atoms with Crippen LogP contribution in [0.5, 0.6) is 5.75 Å². The molecule has 0 radical (unpaired) electrons. The van der Waals surface area contributed by atoms with E-state index in [1.165, 1.54) is 11.8 Å². The lowest BCUT2D eigenvalue weighted by atomic mass is 9.49. The summed E-state index contributed by atoms with van der Waals surface area (Å²) in [5.74, 6) is -4.98. The zero-order valence-corrected chi connectivity index (χ0v) is 27.6. The second-order valence-electron chi connectivity index (χ2n) is 13.8. The molecule has 50 heavy (non-hydrogen) atoms. The van der Waals surface area contributed by atoms with Crippen LogP contribution >= 0.6 is 0 Å². The third kappa shape index (κ3) is 4.56. The number of allylic oxidation sites excluding steroid dienone is 2. The minimum Gasteiger partial charge on any atom is -0.508 e. The number of Topliss-reactive ketones (excluding diaryl/α,β-unsaturated/α-hetero) is 1. The molecule has 0 spiro atoms. The van der Waals surface area contributed by atoms with Crippen LogP contribution in [0.25, 0.3) is 0 Å². The van der Waals surface area contributed by atoms with Crippen molar-refractivity contribution in [1.82, 2.24) is 5.01 Å². The van der Waals surface area contributed by atoms with Crippen LogP contribution in [0.3, 0.4) is 0 Å². The first kappa shape index (κ1) is 31.4. The summed E-state index contributed by atoms with van der Waals surface area (Å²) >= 11 is 0. The number of hydrogen-bond donors (Lipinski definition) is 2. The number of hydrogen-bond acceptors (Lipinski definition) is 7. The Kier molecular flexibility index (Phi) is 7.33. The Morgan fingerprint density at radius 2 is 1.48 bits per heavy atom. The van der Waals surface area contributed by atoms with Crippen LogP contribution in [0.15, 0.2) is 115 Å². The fraction of sp³-hybridized carbons (Fsp3) is 0.244. The maximum atomic E-state index is 15.1. The zero-order chi connectivity index (χ0) is 34.9. The predicted molar refractivity (Wildman–Crippen MR) is 186 cm³/mol. The SMILES string of the molecule is CC(=O)c1ccc(N2C(=O)C3CC=C4C(CC5C(=O)N(Nc6ccc(C)cc6)C(=O)C5(c5ccccc5)C4c4ccc(O)cc4)C3C2=O)cc1. The number of nitrogens with zero attached hydrogens (tertiary/aromatic N) is 2. The smallest absolute Gasteiger partial charge is 0.260 e. The number of aryl methyl sites for hydroxylation is 1. The van der Waals surface area contributed by atoms with Gasteiger partial charge >= 0.3 is 0 Å². The average molecular weight is 666 g/mol. The van der Waals surface area contributed by atoms with E-state index in [-0.39, 0.29) is 29.8 Å². The first-order chi connectivity index (χ1) is 24.1. The van der Waals surface area contributed by atoms with Gasteiger partial charge in [-0.3, -0.25) is 34.3 Å². The van der Waals surface area contributed by atoms with Crippen LogP contribution in [0, 0.1) is 30.6 Å². The minimum atomic E-state index is -1.38. The maximum absolute atomic E-state index is 15.1. The molecule has 2 saturated heterocycles.